The predicted molar refractivity (Wildman–Crippen MR) is 43.4 cm³/mol. The molecule has 0 N–H and O–H groups in total. The first-order valence-electron chi connectivity index (χ1n) is 3.00. The first-order chi connectivity index (χ1) is 5.65. The summed E-state index contributed by atoms with van der Waals surface area (Å²) in [5, 5.41) is 18.7. The van der Waals surface area contributed by atoms with Crippen LogP contribution in [0.4, 0.5) is 5.69 Å². The molecule has 0 radical (unpaired) electrons. The van der Waals surface area contributed by atoms with Gasteiger partial charge in [0.25, 0.3) is 5.69 Å². The molecule has 1 aromatic rings. The van der Waals surface area contributed by atoms with E-state index in [2.05, 4.69) is 0 Å². The van der Waals surface area contributed by atoms with Crippen molar-refractivity contribution in [1.29, 1.82) is 5.26 Å². The minimum absolute atomic E-state index is 0. The Labute approximate surface area is 129 Å². The molecule has 4 nitrogen and oxygen atoms in total. The van der Waals surface area contributed by atoms with Gasteiger partial charge in [-0.1, -0.05) is 6.07 Å². The van der Waals surface area contributed by atoms with E-state index in [1.807, 2.05) is 0 Å². The predicted octanol–water partition coefficient (Wildman–Crippen LogP) is -1.62. The third kappa shape index (κ3) is 3.40. The fraction of sp³-hybridized carbons (Fsp3) is 0. The van der Waals surface area contributed by atoms with Crippen LogP contribution in [0.25, 0.3) is 0 Å². The van der Waals surface area contributed by atoms with Gasteiger partial charge in [-0.15, -0.1) is 0 Å². The van der Waals surface area contributed by atoms with Crippen LogP contribution in [0, 0.1) is 21.4 Å². The van der Waals surface area contributed by atoms with Crippen molar-refractivity contribution in [3.63, 3.8) is 0 Å². The van der Waals surface area contributed by atoms with Crippen LogP contribution in [0.15, 0.2) is 23.1 Å². The number of nitro benzene ring substituents is 1. The molecule has 13 heavy (non-hydrogen) atoms. The van der Waals surface area contributed by atoms with Crippen LogP contribution in [0.1, 0.15) is 5.56 Å². The molecule has 0 aliphatic rings. The van der Waals surface area contributed by atoms with Gasteiger partial charge in [0, 0.05) is 17.7 Å². The van der Waals surface area contributed by atoms with Crippen LogP contribution >= 0.6 is 0 Å². The molecule has 0 unspecified atom stereocenters. The molecule has 0 aliphatic heterocycles. The van der Waals surface area contributed by atoms with E-state index in [1.54, 1.807) is 6.07 Å². The normalized spacial score (nSPS) is 8.23. The van der Waals surface area contributed by atoms with Crippen molar-refractivity contribution in [1.82, 2.24) is 0 Å². The van der Waals surface area contributed by atoms with Gasteiger partial charge in [0.2, 0.25) is 0 Å². The quantitative estimate of drug-likeness (QED) is 0.347. The first kappa shape index (κ1) is 13.1. The summed E-state index contributed by atoms with van der Waals surface area (Å²) in [7, 11) is 0. The maximum atomic E-state index is 10.2. The third-order valence-corrected chi connectivity index (χ3v) is 1.65. The Morgan fingerprint density at radius 1 is 1.54 bits per heavy atom. The minimum Gasteiger partial charge on any atom is -0.778 e. The van der Waals surface area contributed by atoms with E-state index in [0.717, 1.165) is 0 Å². The van der Waals surface area contributed by atoms with E-state index in [4.69, 9.17) is 17.9 Å². The third-order valence-electron chi connectivity index (χ3n) is 1.29. The Balaban J connectivity index is 0.00000144. The Bertz CT molecular complexity index is 375. The molecule has 0 amide bonds. The molecule has 0 atom stereocenters. The average molecular weight is 265 g/mol. The fourth-order valence-corrected chi connectivity index (χ4v) is 0.892. The molecule has 0 spiro atoms. The maximum Gasteiger partial charge on any atom is 1.00 e. The van der Waals surface area contributed by atoms with Crippen molar-refractivity contribution in [2.45, 2.75) is 4.90 Å². The Morgan fingerprint density at radius 3 is 2.62 bits per heavy atom. The number of nitro groups is 1. The van der Waals surface area contributed by atoms with E-state index in [9.17, 15) is 10.1 Å². The van der Waals surface area contributed by atoms with Crippen LogP contribution in [0.5, 0.6) is 0 Å². The molecule has 0 fully saturated rings. The van der Waals surface area contributed by atoms with Gasteiger partial charge < -0.3 is 12.6 Å². The first-order valence-corrected chi connectivity index (χ1v) is 3.41. The Kier molecular flexibility index (Phi) is 5.84. The molecular weight excluding hydrogens is 262 g/mol. The summed E-state index contributed by atoms with van der Waals surface area (Å²) in [5.74, 6) is 0. The van der Waals surface area contributed by atoms with Gasteiger partial charge in [0.15, 0.2) is 0 Å². The molecule has 0 saturated heterocycles. The summed E-state index contributed by atoms with van der Waals surface area (Å²) in [6.45, 7) is 0. The second kappa shape index (κ2) is 5.78. The summed E-state index contributed by atoms with van der Waals surface area (Å²) in [4.78, 5) is 10.0. The van der Waals surface area contributed by atoms with E-state index in [0.29, 0.717) is 4.90 Å². The van der Waals surface area contributed by atoms with Crippen molar-refractivity contribution in [3.8, 4) is 6.07 Å². The average Bonchev–Trinajstić information content (AvgIpc) is 2.05. The molecule has 6 heteroatoms. The zero-order valence-corrected chi connectivity index (χ0v) is 12.6. The zero-order chi connectivity index (χ0) is 9.14. The van der Waals surface area contributed by atoms with Gasteiger partial charge in [-0.3, -0.25) is 10.1 Å². The minimum atomic E-state index is -0.560. The molecule has 0 heterocycles. The molecule has 0 aromatic heterocycles. The number of benzene rings is 1. The largest absolute Gasteiger partial charge is 1.00 e. The number of non-ortho nitro benzene ring substituents is 1. The zero-order valence-electron chi connectivity index (χ0n) is 6.85. The van der Waals surface area contributed by atoms with Crippen LogP contribution in [-0.2, 0) is 12.6 Å². The number of hydrogen-bond acceptors (Lipinski definition) is 4. The molecule has 1 rings (SSSR count). The molecular formula is C7H3N2O2RbS. The molecule has 60 valence electrons. The van der Waals surface area contributed by atoms with Gasteiger partial charge in [-0.25, -0.2) is 0 Å². The molecule has 0 aliphatic carbocycles. The van der Waals surface area contributed by atoms with Crippen molar-refractivity contribution < 1.29 is 63.1 Å². The smallest absolute Gasteiger partial charge is 0.778 e. The van der Waals surface area contributed by atoms with E-state index < -0.39 is 4.92 Å². The van der Waals surface area contributed by atoms with E-state index in [-0.39, 0.29) is 69.4 Å². The Morgan fingerprint density at radius 2 is 2.15 bits per heavy atom. The van der Waals surface area contributed by atoms with Gasteiger partial charge in [0.05, 0.1) is 11.0 Å². The van der Waals surface area contributed by atoms with E-state index in [1.165, 1.54) is 18.2 Å². The van der Waals surface area contributed by atoms with Crippen molar-refractivity contribution >= 4 is 18.3 Å². The van der Waals surface area contributed by atoms with Crippen molar-refractivity contribution in [2.75, 3.05) is 0 Å². The van der Waals surface area contributed by atoms with Crippen molar-refractivity contribution in [3.05, 3.63) is 33.9 Å². The van der Waals surface area contributed by atoms with Crippen LogP contribution < -0.4 is 58.2 Å². The molecule has 0 bridgehead atoms. The Hall–Kier alpha value is 0.135. The SMILES string of the molecule is N#Cc1cc([N+](=O)[O-])ccc1[S-].[Rb+]. The van der Waals surface area contributed by atoms with Gasteiger partial charge in [-0.2, -0.15) is 10.2 Å². The van der Waals surface area contributed by atoms with Crippen LogP contribution in [0.2, 0.25) is 0 Å². The van der Waals surface area contributed by atoms with Gasteiger partial charge >= 0.3 is 58.2 Å². The summed E-state index contributed by atoms with van der Waals surface area (Å²) >= 11 is 4.75. The fourth-order valence-electron chi connectivity index (χ4n) is 0.719. The van der Waals surface area contributed by atoms with Crippen LogP contribution in [0.3, 0.4) is 0 Å². The van der Waals surface area contributed by atoms with E-state index >= 15 is 0 Å². The number of nitrogens with zero attached hydrogens (tertiary/aromatic N) is 2. The molecule has 0 saturated carbocycles. The topological polar surface area (TPSA) is 66.9 Å². The standard InChI is InChI=1S/C7H4N2O2S.Rb/c8-4-5-3-6(9(10)11)1-2-7(5)12;/h1-3,12H;/q;+1/p-1. The number of hydrogen-bond donors (Lipinski definition) is 0. The maximum absolute atomic E-state index is 10.2. The second-order valence-corrected chi connectivity index (χ2v) is 2.49. The molecule has 1 aromatic carbocycles. The van der Waals surface area contributed by atoms with Crippen LogP contribution in [-0.4, -0.2) is 4.92 Å². The van der Waals surface area contributed by atoms with Gasteiger partial charge in [-0.05, 0) is 0 Å². The number of nitriles is 1. The monoisotopic (exact) mass is 264 g/mol. The van der Waals surface area contributed by atoms with Crippen molar-refractivity contribution in [2.24, 2.45) is 0 Å². The summed E-state index contributed by atoms with van der Waals surface area (Å²) in [6.07, 6.45) is 0. The number of rotatable bonds is 1. The summed E-state index contributed by atoms with van der Waals surface area (Å²) in [5.41, 5.74) is 0.0550. The second-order valence-electron chi connectivity index (χ2n) is 2.05. The summed E-state index contributed by atoms with van der Waals surface area (Å²) in [6, 6.07) is 5.61. The van der Waals surface area contributed by atoms with Gasteiger partial charge in [0.1, 0.15) is 0 Å². The summed E-state index contributed by atoms with van der Waals surface area (Å²) < 4.78 is 0.